The Morgan fingerprint density at radius 2 is 2.00 bits per heavy atom. The Hall–Kier alpha value is -1.58. The second kappa shape index (κ2) is 5.90. The van der Waals surface area contributed by atoms with E-state index in [1.807, 2.05) is 27.7 Å². The Morgan fingerprint density at radius 1 is 1.41 bits per heavy atom. The van der Waals surface area contributed by atoms with E-state index >= 15 is 0 Å². The van der Waals surface area contributed by atoms with Crippen LogP contribution in [-0.4, -0.2) is 57.1 Å². The highest BCUT2D eigenvalue weighted by Crippen LogP contribution is 2.36. The standard InChI is InChI=1S/C13H22BN3O5/c1-12(2)13(3,4)22-14(21-12)9-5-16-17(7-9)8-10(18)6-15-11(19)20/h5,7,10,15,18H,6,8H2,1-4H3,(H,19,20). The fraction of sp³-hybridized carbons (Fsp3) is 0.692. The van der Waals surface area contributed by atoms with E-state index in [1.165, 1.54) is 4.68 Å². The smallest absolute Gasteiger partial charge is 0.465 e. The Balaban J connectivity index is 1.96. The Bertz CT molecular complexity index is 530. The lowest BCUT2D eigenvalue weighted by Gasteiger charge is -2.32. The van der Waals surface area contributed by atoms with Crippen molar-refractivity contribution in [3.8, 4) is 0 Å². The summed E-state index contributed by atoms with van der Waals surface area (Å²) >= 11 is 0. The van der Waals surface area contributed by atoms with Crippen LogP contribution in [-0.2, 0) is 15.9 Å². The molecule has 8 nitrogen and oxygen atoms in total. The van der Waals surface area contributed by atoms with E-state index in [0.717, 1.165) is 5.46 Å². The predicted molar refractivity (Wildman–Crippen MR) is 80.0 cm³/mol. The maximum atomic E-state index is 10.4. The van der Waals surface area contributed by atoms with Crippen molar-refractivity contribution in [2.45, 2.75) is 51.5 Å². The topological polar surface area (TPSA) is 106 Å². The zero-order valence-electron chi connectivity index (χ0n) is 13.2. The van der Waals surface area contributed by atoms with Gasteiger partial charge in [-0.3, -0.25) is 4.68 Å². The summed E-state index contributed by atoms with van der Waals surface area (Å²) in [4.78, 5) is 10.4. The Labute approximate surface area is 129 Å². The van der Waals surface area contributed by atoms with Crippen molar-refractivity contribution in [2.24, 2.45) is 0 Å². The quantitative estimate of drug-likeness (QED) is 0.651. The Kier molecular flexibility index (Phi) is 4.50. The summed E-state index contributed by atoms with van der Waals surface area (Å²) in [5.41, 5.74) is -0.0907. The van der Waals surface area contributed by atoms with Crippen LogP contribution < -0.4 is 10.8 Å². The van der Waals surface area contributed by atoms with Gasteiger partial charge in [-0.05, 0) is 27.7 Å². The van der Waals surface area contributed by atoms with Crippen molar-refractivity contribution in [3.63, 3.8) is 0 Å². The number of rotatable bonds is 5. The first-order chi connectivity index (χ1) is 10.1. The molecular weight excluding hydrogens is 289 g/mol. The third-order valence-corrected chi connectivity index (χ3v) is 4.07. The average molecular weight is 311 g/mol. The van der Waals surface area contributed by atoms with Gasteiger partial charge < -0.3 is 24.8 Å². The van der Waals surface area contributed by atoms with Gasteiger partial charge in [-0.2, -0.15) is 5.10 Å². The van der Waals surface area contributed by atoms with Crippen molar-refractivity contribution in [3.05, 3.63) is 12.4 Å². The van der Waals surface area contributed by atoms with Gasteiger partial charge in [-0.15, -0.1) is 0 Å². The van der Waals surface area contributed by atoms with Crippen LogP contribution in [0.2, 0.25) is 0 Å². The largest absolute Gasteiger partial charge is 0.498 e. The van der Waals surface area contributed by atoms with E-state index in [2.05, 4.69) is 10.4 Å². The molecule has 9 heteroatoms. The molecule has 0 aromatic carbocycles. The highest BCUT2D eigenvalue weighted by Gasteiger charge is 2.52. The summed E-state index contributed by atoms with van der Waals surface area (Å²) in [6, 6.07) is 0. The lowest BCUT2D eigenvalue weighted by Crippen LogP contribution is -2.41. The fourth-order valence-electron chi connectivity index (χ4n) is 2.07. The van der Waals surface area contributed by atoms with Crippen molar-refractivity contribution in [1.29, 1.82) is 0 Å². The number of carboxylic acid groups (broad SMARTS) is 1. The molecule has 1 fully saturated rings. The summed E-state index contributed by atoms with van der Waals surface area (Å²) in [6.45, 7) is 8.01. The number of amides is 1. The molecule has 2 heterocycles. The third kappa shape index (κ3) is 3.60. The molecule has 1 saturated heterocycles. The normalized spacial score (nSPS) is 20.9. The molecule has 1 aliphatic heterocycles. The molecule has 0 radical (unpaired) electrons. The van der Waals surface area contributed by atoms with Crippen molar-refractivity contribution in [2.75, 3.05) is 6.54 Å². The molecule has 122 valence electrons. The van der Waals surface area contributed by atoms with Crippen LogP contribution in [0.5, 0.6) is 0 Å². The van der Waals surface area contributed by atoms with Gasteiger partial charge >= 0.3 is 13.2 Å². The molecule has 1 aliphatic rings. The molecular formula is C13H22BN3O5. The molecule has 1 unspecified atom stereocenters. The first-order valence-electron chi connectivity index (χ1n) is 7.13. The summed E-state index contributed by atoms with van der Waals surface area (Å²) in [5, 5.41) is 24.5. The summed E-state index contributed by atoms with van der Waals surface area (Å²) < 4.78 is 13.4. The van der Waals surface area contributed by atoms with Crippen LogP contribution in [0.3, 0.4) is 0 Å². The van der Waals surface area contributed by atoms with Gasteiger partial charge in [0.25, 0.3) is 0 Å². The first kappa shape index (κ1) is 16.8. The number of nitrogens with one attached hydrogen (secondary N) is 1. The number of carbonyl (C=O) groups is 1. The minimum Gasteiger partial charge on any atom is -0.465 e. The van der Waals surface area contributed by atoms with Crippen LogP contribution in [0, 0.1) is 0 Å². The highest BCUT2D eigenvalue weighted by atomic mass is 16.7. The first-order valence-corrected chi connectivity index (χ1v) is 7.13. The fourth-order valence-corrected chi connectivity index (χ4v) is 2.07. The van der Waals surface area contributed by atoms with Gasteiger partial charge in [0, 0.05) is 24.4 Å². The van der Waals surface area contributed by atoms with E-state index in [1.54, 1.807) is 12.4 Å². The number of hydrogen-bond acceptors (Lipinski definition) is 5. The van der Waals surface area contributed by atoms with E-state index < -0.39 is 30.5 Å². The third-order valence-electron chi connectivity index (χ3n) is 4.07. The lowest BCUT2D eigenvalue weighted by atomic mass is 9.82. The molecule has 0 saturated carbocycles. The predicted octanol–water partition coefficient (Wildman–Crippen LogP) is -0.189. The molecule has 0 spiro atoms. The van der Waals surface area contributed by atoms with Crippen molar-refractivity contribution in [1.82, 2.24) is 15.1 Å². The second-order valence-electron chi connectivity index (χ2n) is 6.42. The molecule has 0 aliphatic carbocycles. The number of nitrogens with zero attached hydrogens (tertiary/aromatic N) is 2. The van der Waals surface area contributed by atoms with Crippen LogP contribution >= 0.6 is 0 Å². The molecule has 1 aromatic heterocycles. The zero-order chi connectivity index (χ0) is 16.5. The molecule has 1 aromatic rings. The SMILES string of the molecule is CC1(C)OB(c2cnn(CC(O)CNC(=O)O)c2)OC1(C)C. The highest BCUT2D eigenvalue weighted by molar-refractivity contribution is 6.61. The maximum Gasteiger partial charge on any atom is 0.498 e. The van der Waals surface area contributed by atoms with E-state index in [4.69, 9.17) is 14.4 Å². The van der Waals surface area contributed by atoms with Crippen LogP contribution in [0.4, 0.5) is 4.79 Å². The molecule has 1 atom stereocenters. The molecule has 3 N–H and O–H groups in total. The molecule has 2 rings (SSSR count). The van der Waals surface area contributed by atoms with E-state index in [9.17, 15) is 9.90 Å². The minimum absolute atomic E-state index is 0.0545. The van der Waals surface area contributed by atoms with Crippen LogP contribution in [0.1, 0.15) is 27.7 Å². The van der Waals surface area contributed by atoms with Crippen LogP contribution in [0.25, 0.3) is 0 Å². The van der Waals surface area contributed by atoms with E-state index in [0.29, 0.717) is 0 Å². The van der Waals surface area contributed by atoms with Gasteiger partial charge in [0.05, 0.1) is 23.9 Å². The van der Waals surface area contributed by atoms with E-state index in [-0.39, 0.29) is 13.1 Å². The van der Waals surface area contributed by atoms with Gasteiger partial charge in [0.2, 0.25) is 0 Å². The molecule has 22 heavy (non-hydrogen) atoms. The van der Waals surface area contributed by atoms with Gasteiger partial charge in [0.15, 0.2) is 0 Å². The number of aliphatic hydroxyl groups excluding tert-OH is 1. The zero-order valence-corrected chi connectivity index (χ0v) is 13.2. The minimum atomic E-state index is -1.17. The lowest BCUT2D eigenvalue weighted by molar-refractivity contribution is 0.00578. The summed E-state index contributed by atoms with van der Waals surface area (Å²) in [6.07, 6.45) is 1.32. The monoisotopic (exact) mass is 311 g/mol. The molecule has 0 bridgehead atoms. The number of aliphatic hydroxyl groups is 1. The number of hydrogen-bond donors (Lipinski definition) is 3. The van der Waals surface area contributed by atoms with Gasteiger partial charge in [0.1, 0.15) is 0 Å². The summed E-state index contributed by atoms with van der Waals surface area (Å²) in [7, 11) is -0.506. The van der Waals surface area contributed by atoms with Gasteiger partial charge in [-0.1, -0.05) is 0 Å². The Morgan fingerprint density at radius 3 is 2.55 bits per heavy atom. The maximum absolute atomic E-state index is 10.4. The summed E-state index contributed by atoms with van der Waals surface area (Å²) in [5.74, 6) is 0. The van der Waals surface area contributed by atoms with Crippen molar-refractivity contribution >= 4 is 18.7 Å². The average Bonchev–Trinajstić information content (AvgIpc) is 2.90. The molecule has 1 amide bonds. The van der Waals surface area contributed by atoms with Crippen molar-refractivity contribution < 1.29 is 24.3 Å². The number of aromatic nitrogens is 2. The second-order valence-corrected chi connectivity index (χ2v) is 6.42. The van der Waals surface area contributed by atoms with Crippen LogP contribution in [0.15, 0.2) is 12.4 Å². The van der Waals surface area contributed by atoms with Gasteiger partial charge in [-0.25, -0.2) is 4.79 Å².